The SMILES string of the molecule is CCCOc1cc([N+](=O)[O-])c(OCCC)cc1C. The summed E-state index contributed by atoms with van der Waals surface area (Å²) in [5.41, 5.74) is 0.806. The highest BCUT2D eigenvalue weighted by Gasteiger charge is 2.18. The fraction of sp³-hybridized carbons (Fsp3) is 0.538. The lowest BCUT2D eigenvalue weighted by Gasteiger charge is -2.11. The Morgan fingerprint density at radius 3 is 2.17 bits per heavy atom. The highest BCUT2D eigenvalue weighted by Crippen LogP contribution is 2.34. The largest absolute Gasteiger partial charge is 0.493 e. The number of rotatable bonds is 7. The Morgan fingerprint density at radius 2 is 1.67 bits per heavy atom. The summed E-state index contributed by atoms with van der Waals surface area (Å²) in [6.45, 7) is 6.82. The maximum absolute atomic E-state index is 11.0. The fourth-order valence-corrected chi connectivity index (χ4v) is 1.49. The molecule has 0 heterocycles. The van der Waals surface area contributed by atoms with Crippen LogP contribution in [0, 0.1) is 17.0 Å². The summed E-state index contributed by atoms with van der Waals surface area (Å²) in [5, 5.41) is 11.0. The Hall–Kier alpha value is -1.78. The minimum absolute atomic E-state index is 0.0415. The summed E-state index contributed by atoms with van der Waals surface area (Å²) in [6.07, 6.45) is 1.67. The molecule has 0 radical (unpaired) electrons. The molecule has 0 saturated carbocycles. The van der Waals surface area contributed by atoms with Crippen molar-refractivity contribution in [2.45, 2.75) is 33.6 Å². The first-order valence-electron chi connectivity index (χ1n) is 6.14. The lowest BCUT2D eigenvalue weighted by Crippen LogP contribution is -2.02. The van der Waals surface area contributed by atoms with Gasteiger partial charge in [0.25, 0.3) is 0 Å². The zero-order valence-electron chi connectivity index (χ0n) is 11.1. The highest BCUT2D eigenvalue weighted by molar-refractivity contribution is 5.54. The van der Waals surface area contributed by atoms with Crippen molar-refractivity contribution < 1.29 is 14.4 Å². The van der Waals surface area contributed by atoms with Crippen LogP contribution in [0.5, 0.6) is 11.5 Å². The van der Waals surface area contributed by atoms with Crippen LogP contribution in [-0.2, 0) is 0 Å². The minimum atomic E-state index is -0.441. The van der Waals surface area contributed by atoms with E-state index in [1.165, 1.54) is 6.07 Å². The molecular formula is C13H19NO4. The van der Waals surface area contributed by atoms with Crippen molar-refractivity contribution in [1.29, 1.82) is 0 Å². The van der Waals surface area contributed by atoms with Gasteiger partial charge >= 0.3 is 5.69 Å². The first-order chi connectivity index (χ1) is 8.60. The van der Waals surface area contributed by atoms with Gasteiger partial charge in [0.15, 0.2) is 5.75 Å². The Bertz CT molecular complexity index is 418. The third-order valence-corrected chi connectivity index (χ3v) is 2.38. The van der Waals surface area contributed by atoms with Gasteiger partial charge in [-0.25, -0.2) is 0 Å². The van der Waals surface area contributed by atoms with Crippen LogP contribution in [-0.4, -0.2) is 18.1 Å². The van der Waals surface area contributed by atoms with Gasteiger partial charge in [0.2, 0.25) is 0 Å². The van der Waals surface area contributed by atoms with Crippen molar-refractivity contribution in [3.8, 4) is 11.5 Å². The standard InChI is InChI=1S/C13H19NO4/c1-4-6-17-12-9-11(14(15)16)13(8-10(12)3)18-7-5-2/h8-9H,4-7H2,1-3H3. The molecule has 0 aromatic heterocycles. The molecule has 0 spiro atoms. The molecule has 0 unspecified atom stereocenters. The molecule has 0 N–H and O–H groups in total. The van der Waals surface area contributed by atoms with E-state index in [0.29, 0.717) is 24.7 Å². The van der Waals surface area contributed by atoms with Crippen molar-refractivity contribution in [1.82, 2.24) is 0 Å². The average molecular weight is 253 g/mol. The van der Waals surface area contributed by atoms with Crippen LogP contribution in [0.3, 0.4) is 0 Å². The van der Waals surface area contributed by atoms with Crippen LogP contribution in [0.1, 0.15) is 32.3 Å². The number of nitro benzene ring substituents is 1. The number of hydrogen-bond donors (Lipinski definition) is 0. The van der Waals surface area contributed by atoms with E-state index >= 15 is 0 Å². The van der Waals surface area contributed by atoms with Gasteiger partial charge in [0, 0.05) is 0 Å². The van der Waals surface area contributed by atoms with Crippen molar-refractivity contribution in [3.05, 3.63) is 27.8 Å². The second kappa shape index (κ2) is 6.83. The average Bonchev–Trinajstić information content (AvgIpc) is 2.34. The molecule has 1 rings (SSSR count). The van der Waals surface area contributed by atoms with Crippen molar-refractivity contribution in [3.63, 3.8) is 0 Å². The molecule has 1 aromatic rings. The van der Waals surface area contributed by atoms with Crippen LogP contribution in [0.15, 0.2) is 12.1 Å². The van der Waals surface area contributed by atoms with Gasteiger partial charge in [-0.2, -0.15) is 0 Å². The molecule has 0 aliphatic rings. The second-order valence-electron chi connectivity index (χ2n) is 4.04. The van der Waals surface area contributed by atoms with Crippen LogP contribution < -0.4 is 9.47 Å². The van der Waals surface area contributed by atoms with Crippen molar-refractivity contribution >= 4 is 5.69 Å². The van der Waals surface area contributed by atoms with E-state index in [4.69, 9.17) is 9.47 Å². The van der Waals surface area contributed by atoms with Crippen LogP contribution in [0.25, 0.3) is 0 Å². The number of hydrogen-bond acceptors (Lipinski definition) is 4. The first-order valence-corrected chi connectivity index (χ1v) is 6.14. The molecule has 0 aliphatic carbocycles. The molecule has 1 aromatic carbocycles. The van der Waals surface area contributed by atoms with Gasteiger partial charge in [-0.1, -0.05) is 13.8 Å². The Balaban J connectivity index is 3.04. The molecule has 5 heteroatoms. The normalized spacial score (nSPS) is 10.2. The summed E-state index contributed by atoms with van der Waals surface area (Å²) in [5.74, 6) is 0.857. The molecule has 0 saturated heterocycles. The summed E-state index contributed by atoms with van der Waals surface area (Å²) < 4.78 is 10.9. The van der Waals surface area contributed by atoms with Gasteiger partial charge in [-0.05, 0) is 31.4 Å². The first kappa shape index (κ1) is 14.3. The number of nitrogens with zero attached hydrogens (tertiary/aromatic N) is 1. The van der Waals surface area contributed by atoms with E-state index in [2.05, 4.69) is 0 Å². The number of benzene rings is 1. The predicted molar refractivity (Wildman–Crippen MR) is 69.4 cm³/mol. The Kier molecular flexibility index (Phi) is 5.42. The van der Waals surface area contributed by atoms with E-state index in [9.17, 15) is 10.1 Å². The Labute approximate surface area is 107 Å². The van der Waals surface area contributed by atoms with E-state index in [-0.39, 0.29) is 5.69 Å². The molecule has 0 amide bonds. The van der Waals surface area contributed by atoms with Crippen molar-refractivity contribution in [2.75, 3.05) is 13.2 Å². The molecule has 5 nitrogen and oxygen atoms in total. The molecule has 0 aliphatic heterocycles. The van der Waals surface area contributed by atoms with E-state index < -0.39 is 4.92 Å². The summed E-state index contributed by atoms with van der Waals surface area (Å²) >= 11 is 0. The third kappa shape index (κ3) is 3.61. The summed E-state index contributed by atoms with van der Waals surface area (Å²) in [7, 11) is 0. The van der Waals surface area contributed by atoms with Gasteiger partial charge in [0.1, 0.15) is 5.75 Å². The van der Waals surface area contributed by atoms with Crippen molar-refractivity contribution in [2.24, 2.45) is 0 Å². The van der Waals surface area contributed by atoms with E-state index in [1.807, 2.05) is 20.8 Å². The van der Waals surface area contributed by atoms with E-state index in [0.717, 1.165) is 18.4 Å². The molecule has 100 valence electrons. The molecular weight excluding hydrogens is 234 g/mol. The molecule has 0 fully saturated rings. The lowest BCUT2D eigenvalue weighted by atomic mass is 10.2. The number of ether oxygens (including phenoxy) is 2. The van der Waals surface area contributed by atoms with Crippen LogP contribution in [0.2, 0.25) is 0 Å². The lowest BCUT2D eigenvalue weighted by molar-refractivity contribution is -0.386. The van der Waals surface area contributed by atoms with Gasteiger partial charge in [-0.3, -0.25) is 10.1 Å². The van der Waals surface area contributed by atoms with E-state index in [1.54, 1.807) is 6.07 Å². The second-order valence-corrected chi connectivity index (χ2v) is 4.04. The zero-order valence-corrected chi connectivity index (χ0v) is 11.1. The number of nitro groups is 1. The fourth-order valence-electron chi connectivity index (χ4n) is 1.49. The summed E-state index contributed by atoms with van der Waals surface area (Å²) in [4.78, 5) is 10.6. The smallest absolute Gasteiger partial charge is 0.314 e. The van der Waals surface area contributed by atoms with Crippen LogP contribution in [0.4, 0.5) is 5.69 Å². The Morgan fingerprint density at radius 1 is 1.11 bits per heavy atom. The topological polar surface area (TPSA) is 61.6 Å². The van der Waals surface area contributed by atoms with Gasteiger partial charge in [0.05, 0.1) is 24.2 Å². The van der Waals surface area contributed by atoms with Gasteiger partial charge < -0.3 is 9.47 Å². The molecule has 0 bridgehead atoms. The monoisotopic (exact) mass is 253 g/mol. The quantitative estimate of drug-likeness (QED) is 0.551. The predicted octanol–water partition coefficient (Wildman–Crippen LogP) is 3.48. The van der Waals surface area contributed by atoms with Crippen LogP contribution >= 0.6 is 0 Å². The minimum Gasteiger partial charge on any atom is -0.493 e. The zero-order chi connectivity index (χ0) is 13.5. The molecule has 18 heavy (non-hydrogen) atoms. The highest BCUT2D eigenvalue weighted by atomic mass is 16.6. The maximum Gasteiger partial charge on any atom is 0.314 e. The number of aryl methyl sites for hydroxylation is 1. The maximum atomic E-state index is 11.0. The third-order valence-electron chi connectivity index (χ3n) is 2.38. The van der Waals surface area contributed by atoms with Gasteiger partial charge in [-0.15, -0.1) is 0 Å². The molecule has 0 atom stereocenters. The summed E-state index contributed by atoms with van der Waals surface area (Å²) in [6, 6.07) is 3.11.